The van der Waals surface area contributed by atoms with Crippen LogP contribution in [-0.2, 0) is 0 Å². The molecule has 1 saturated carbocycles. The van der Waals surface area contributed by atoms with Gasteiger partial charge in [-0.25, -0.2) is 0 Å². The SMILES string of the molecule is CCCOc1ccc(C(=O)C2CCCCC2)c(C)c1C. The highest BCUT2D eigenvalue weighted by atomic mass is 16.5. The summed E-state index contributed by atoms with van der Waals surface area (Å²) in [5.41, 5.74) is 3.10. The Hall–Kier alpha value is -1.31. The molecule has 1 aromatic carbocycles. The van der Waals surface area contributed by atoms with E-state index in [0.717, 1.165) is 48.3 Å². The van der Waals surface area contributed by atoms with E-state index in [4.69, 9.17) is 4.74 Å². The second kappa shape index (κ2) is 6.92. The second-order valence-electron chi connectivity index (χ2n) is 5.91. The minimum absolute atomic E-state index is 0.240. The van der Waals surface area contributed by atoms with E-state index < -0.39 is 0 Å². The third-order valence-electron chi connectivity index (χ3n) is 4.44. The first-order valence-corrected chi connectivity index (χ1v) is 7.92. The number of carbonyl (C=O) groups excluding carboxylic acids is 1. The third-order valence-corrected chi connectivity index (χ3v) is 4.44. The number of carbonyl (C=O) groups is 1. The summed E-state index contributed by atoms with van der Waals surface area (Å²) in [6.07, 6.45) is 6.81. The molecule has 0 heterocycles. The molecule has 0 radical (unpaired) electrons. The maximum Gasteiger partial charge on any atom is 0.166 e. The van der Waals surface area contributed by atoms with Crippen LogP contribution in [0.15, 0.2) is 12.1 Å². The minimum atomic E-state index is 0.240. The molecule has 0 atom stereocenters. The zero-order chi connectivity index (χ0) is 14.5. The van der Waals surface area contributed by atoms with Gasteiger partial charge < -0.3 is 4.74 Å². The number of benzene rings is 1. The first-order valence-electron chi connectivity index (χ1n) is 7.92. The molecule has 0 saturated heterocycles. The fourth-order valence-corrected chi connectivity index (χ4v) is 3.02. The van der Waals surface area contributed by atoms with Crippen LogP contribution in [0, 0.1) is 19.8 Å². The maximum absolute atomic E-state index is 12.7. The van der Waals surface area contributed by atoms with Crippen LogP contribution in [0.25, 0.3) is 0 Å². The lowest BCUT2D eigenvalue weighted by Gasteiger charge is -2.22. The molecule has 110 valence electrons. The fraction of sp³-hybridized carbons (Fsp3) is 0.611. The molecular formula is C18H26O2. The van der Waals surface area contributed by atoms with Crippen molar-refractivity contribution in [3.63, 3.8) is 0 Å². The van der Waals surface area contributed by atoms with Gasteiger partial charge in [-0.2, -0.15) is 0 Å². The number of Topliss-reactive ketones (excluding diaryl/α,β-unsaturated/α-hetero) is 1. The lowest BCUT2D eigenvalue weighted by atomic mass is 9.82. The Morgan fingerprint density at radius 3 is 2.50 bits per heavy atom. The summed E-state index contributed by atoms with van der Waals surface area (Å²) in [6, 6.07) is 3.93. The van der Waals surface area contributed by atoms with Crippen LogP contribution in [0.1, 0.15) is 66.9 Å². The maximum atomic E-state index is 12.7. The summed E-state index contributed by atoms with van der Waals surface area (Å²) < 4.78 is 5.74. The predicted octanol–water partition coefficient (Wildman–Crippen LogP) is 4.86. The van der Waals surface area contributed by atoms with Crippen molar-refractivity contribution in [2.75, 3.05) is 6.61 Å². The largest absolute Gasteiger partial charge is 0.493 e. The van der Waals surface area contributed by atoms with Crippen LogP contribution >= 0.6 is 0 Å². The van der Waals surface area contributed by atoms with Gasteiger partial charge in [0.15, 0.2) is 5.78 Å². The van der Waals surface area contributed by atoms with Crippen molar-refractivity contribution in [2.24, 2.45) is 5.92 Å². The second-order valence-corrected chi connectivity index (χ2v) is 5.91. The summed E-state index contributed by atoms with van der Waals surface area (Å²) in [5, 5.41) is 0. The van der Waals surface area contributed by atoms with E-state index >= 15 is 0 Å². The highest BCUT2D eigenvalue weighted by Crippen LogP contribution is 2.31. The van der Waals surface area contributed by atoms with Crippen LogP contribution in [0.3, 0.4) is 0 Å². The number of ether oxygens (including phenoxy) is 1. The summed E-state index contributed by atoms with van der Waals surface area (Å²) in [6.45, 7) is 6.93. The van der Waals surface area contributed by atoms with Crippen LogP contribution in [0.5, 0.6) is 5.75 Å². The van der Waals surface area contributed by atoms with Crippen LogP contribution in [0.2, 0.25) is 0 Å². The Kier molecular flexibility index (Phi) is 5.22. The highest BCUT2D eigenvalue weighted by molar-refractivity contribution is 5.99. The van der Waals surface area contributed by atoms with Gasteiger partial charge in [0.1, 0.15) is 5.75 Å². The first-order chi connectivity index (χ1) is 9.65. The van der Waals surface area contributed by atoms with Gasteiger partial charge in [-0.1, -0.05) is 26.2 Å². The molecule has 2 nitrogen and oxygen atoms in total. The van der Waals surface area contributed by atoms with Gasteiger partial charge in [-0.05, 0) is 56.4 Å². The zero-order valence-electron chi connectivity index (χ0n) is 13.0. The zero-order valence-corrected chi connectivity index (χ0v) is 13.0. The molecule has 0 unspecified atom stereocenters. The molecule has 0 spiro atoms. The van der Waals surface area contributed by atoms with Crippen LogP contribution < -0.4 is 4.74 Å². The summed E-state index contributed by atoms with van der Waals surface area (Å²) >= 11 is 0. The van der Waals surface area contributed by atoms with Gasteiger partial charge in [0, 0.05) is 11.5 Å². The van der Waals surface area contributed by atoms with Crippen molar-refractivity contribution in [3.8, 4) is 5.75 Å². The topological polar surface area (TPSA) is 26.3 Å². The van der Waals surface area contributed by atoms with Crippen LogP contribution in [0.4, 0.5) is 0 Å². The number of ketones is 1. The Balaban J connectivity index is 2.19. The summed E-state index contributed by atoms with van der Waals surface area (Å²) in [5.74, 6) is 1.50. The lowest BCUT2D eigenvalue weighted by Crippen LogP contribution is -2.19. The van der Waals surface area contributed by atoms with Gasteiger partial charge >= 0.3 is 0 Å². The lowest BCUT2D eigenvalue weighted by molar-refractivity contribution is 0.0889. The van der Waals surface area contributed by atoms with E-state index in [1.165, 1.54) is 19.3 Å². The van der Waals surface area contributed by atoms with Crippen molar-refractivity contribution in [1.29, 1.82) is 0 Å². The van der Waals surface area contributed by atoms with Crippen molar-refractivity contribution >= 4 is 5.78 Å². The highest BCUT2D eigenvalue weighted by Gasteiger charge is 2.24. The monoisotopic (exact) mass is 274 g/mol. The van der Waals surface area contributed by atoms with Crippen molar-refractivity contribution in [2.45, 2.75) is 59.3 Å². The van der Waals surface area contributed by atoms with E-state index in [0.29, 0.717) is 5.78 Å². The molecule has 1 aliphatic rings. The van der Waals surface area contributed by atoms with E-state index in [9.17, 15) is 4.79 Å². The van der Waals surface area contributed by atoms with Gasteiger partial charge in [0.25, 0.3) is 0 Å². The van der Waals surface area contributed by atoms with E-state index in [-0.39, 0.29) is 5.92 Å². The average Bonchev–Trinajstić information content (AvgIpc) is 2.49. The summed E-state index contributed by atoms with van der Waals surface area (Å²) in [4.78, 5) is 12.7. The van der Waals surface area contributed by atoms with E-state index in [1.54, 1.807) is 0 Å². The van der Waals surface area contributed by atoms with Crippen molar-refractivity contribution < 1.29 is 9.53 Å². The Labute approximate surface area is 122 Å². The number of hydrogen-bond acceptors (Lipinski definition) is 2. The molecule has 0 aromatic heterocycles. The van der Waals surface area contributed by atoms with E-state index in [2.05, 4.69) is 13.8 Å². The standard InChI is InChI=1S/C18H26O2/c1-4-12-20-17-11-10-16(13(2)14(17)3)18(19)15-8-6-5-7-9-15/h10-11,15H,4-9,12H2,1-3H3. The molecule has 0 amide bonds. The molecule has 1 aliphatic carbocycles. The van der Waals surface area contributed by atoms with Crippen LogP contribution in [-0.4, -0.2) is 12.4 Å². The number of hydrogen-bond donors (Lipinski definition) is 0. The molecule has 0 N–H and O–H groups in total. The third kappa shape index (κ3) is 3.23. The Morgan fingerprint density at radius 2 is 1.85 bits per heavy atom. The molecule has 1 aromatic rings. The summed E-state index contributed by atoms with van der Waals surface area (Å²) in [7, 11) is 0. The molecule has 0 aliphatic heterocycles. The normalized spacial score (nSPS) is 16.1. The van der Waals surface area contributed by atoms with Gasteiger partial charge in [-0.3, -0.25) is 4.79 Å². The molecule has 2 heteroatoms. The van der Waals surface area contributed by atoms with E-state index in [1.807, 2.05) is 19.1 Å². The average molecular weight is 274 g/mol. The Bertz CT molecular complexity index is 471. The van der Waals surface area contributed by atoms with Gasteiger partial charge in [-0.15, -0.1) is 0 Å². The molecule has 0 bridgehead atoms. The number of rotatable bonds is 5. The molecule has 20 heavy (non-hydrogen) atoms. The van der Waals surface area contributed by atoms with Gasteiger partial charge in [0.2, 0.25) is 0 Å². The Morgan fingerprint density at radius 1 is 1.15 bits per heavy atom. The van der Waals surface area contributed by atoms with Crippen molar-refractivity contribution in [1.82, 2.24) is 0 Å². The van der Waals surface area contributed by atoms with Gasteiger partial charge in [0.05, 0.1) is 6.61 Å². The minimum Gasteiger partial charge on any atom is -0.493 e. The smallest absolute Gasteiger partial charge is 0.166 e. The predicted molar refractivity (Wildman–Crippen MR) is 82.6 cm³/mol. The quantitative estimate of drug-likeness (QED) is 0.717. The first kappa shape index (κ1) is 15.1. The fourth-order valence-electron chi connectivity index (χ4n) is 3.02. The molecule has 1 fully saturated rings. The molecule has 2 rings (SSSR count). The molecular weight excluding hydrogens is 248 g/mol. The van der Waals surface area contributed by atoms with Crippen molar-refractivity contribution in [3.05, 3.63) is 28.8 Å².